The Hall–Kier alpha value is -2.87. The molecule has 0 saturated carbocycles. The summed E-state index contributed by atoms with van der Waals surface area (Å²) in [5, 5.41) is 0. The van der Waals surface area contributed by atoms with Crippen LogP contribution < -0.4 is 15.4 Å². The van der Waals surface area contributed by atoms with Gasteiger partial charge in [0.15, 0.2) is 0 Å². The summed E-state index contributed by atoms with van der Waals surface area (Å²) < 4.78 is 16.6. The van der Waals surface area contributed by atoms with Crippen molar-refractivity contribution in [2.24, 2.45) is 0 Å². The second kappa shape index (κ2) is 8.70. The van der Waals surface area contributed by atoms with E-state index in [0.717, 1.165) is 55.2 Å². The number of nitrogen functional groups attached to an aromatic ring is 1. The SMILES string of the molecule is COC(=O)CCc1c(C)nc(N)nc1N1CCC2(CC1)OCCc1cc(OC)ccc12. The van der Waals surface area contributed by atoms with E-state index in [9.17, 15) is 4.79 Å². The first-order valence-corrected chi connectivity index (χ1v) is 10.7. The van der Waals surface area contributed by atoms with Gasteiger partial charge in [0.2, 0.25) is 5.95 Å². The molecule has 2 aromatic rings. The van der Waals surface area contributed by atoms with E-state index in [0.29, 0.717) is 13.0 Å². The summed E-state index contributed by atoms with van der Waals surface area (Å²) in [6, 6.07) is 6.30. The van der Waals surface area contributed by atoms with E-state index in [2.05, 4.69) is 27.0 Å². The summed E-state index contributed by atoms with van der Waals surface area (Å²) >= 11 is 0. The molecule has 8 nitrogen and oxygen atoms in total. The first-order valence-electron chi connectivity index (χ1n) is 10.7. The van der Waals surface area contributed by atoms with Gasteiger partial charge >= 0.3 is 5.97 Å². The summed E-state index contributed by atoms with van der Waals surface area (Å²) in [6.45, 7) is 4.19. The molecule has 2 aliphatic rings. The van der Waals surface area contributed by atoms with Gasteiger partial charge in [0.05, 0.1) is 26.4 Å². The molecule has 1 fully saturated rings. The average Bonchev–Trinajstić information content (AvgIpc) is 2.78. The van der Waals surface area contributed by atoms with Gasteiger partial charge in [0.1, 0.15) is 11.6 Å². The number of rotatable bonds is 5. The zero-order chi connectivity index (χ0) is 22.0. The number of aromatic nitrogens is 2. The van der Waals surface area contributed by atoms with E-state index in [1.54, 1.807) is 7.11 Å². The molecule has 0 radical (unpaired) electrons. The van der Waals surface area contributed by atoms with Crippen molar-refractivity contribution in [3.05, 3.63) is 40.6 Å². The second-order valence-electron chi connectivity index (χ2n) is 8.15. The highest BCUT2D eigenvalue weighted by Gasteiger charge is 2.41. The fraction of sp³-hybridized carbons (Fsp3) is 0.522. The van der Waals surface area contributed by atoms with Crippen LogP contribution in [-0.2, 0) is 32.7 Å². The number of carbonyl (C=O) groups excluding carboxylic acids is 1. The number of benzene rings is 1. The van der Waals surface area contributed by atoms with Crippen LogP contribution in [0, 0.1) is 6.92 Å². The normalized spacial score (nSPS) is 17.3. The standard InChI is InChI=1S/C23H30N4O4/c1-15-18(5-7-20(28)30-3)21(26-22(24)25-15)27-11-9-23(10-12-27)19-6-4-17(29-2)14-16(19)8-13-31-23/h4,6,14H,5,7-13H2,1-3H3,(H2,24,25,26). The van der Waals surface area contributed by atoms with Crippen molar-refractivity contribution in [2.45, 2.75) is 44.6 Å². The Balaban J connectivity index is 1.57. The van der Waals surface area contributed by atoms with Crippen LogP contribution in [0.15, 0.2) is 18.2 Å². The topological polar surface area (TPSA) is 99.8 Å². The summed E-state index contributed by atoms with van der Waals surface area (Å²) in [4.78, 5) is 22.8. The number of methoxy groups -OCH3 is 2. The Morgan fingerprint density at radius 3 is 2.74 bits per heavy atom. The summed E-state index contributed by atoms with van der Waals surface area (Å²) in [6.07, 6.45) is 3.41. The van der Waals surface area contributed by atoms with Crippen molar-refractivity contribution >= 4 is 17.7 Å². The summed E-state index contributed by atoms with van der Waals surface area (Å²) in [5.74, 6) is 1.70. The van der Waals surface area contributed by atoms with Crippen LogP contribution in [0.25, 0.3) is 0 Å². The molecule has 2 aliphatic heterocycles. The molecule has 8 heteroatoms. The van der Waals surface area contributed by atoms with Crippen molar-refractivity contribution in [3.8, 4) is 5.75 Å². The number of esters is 1. The van der Waals surface area contributed by atoms with Crippen molar-refractivity contribution in [1.29, 1.82) is 0 Å². The Morgan fingerprint density at radius 1 is 1.26 bits per heavy atom. The van der Waals surface area contributed by atoms with E-state index in [1.165, 1.54) is 18.2 Å². The van der Waals surface area contributed by atoms with Gasteiger partial charge in [-0.3, -0.25) is 4.79 Å². The van der Waals surface area contributed by atoms with Crippen molar-refractivity contribution in [1.82, 2.24) is 9.97 Å². The van der Waals surface area contributed by atoms with Crippen LogP contribution >= 0.6 is 0 Å². The molecule has 1 aromatic heterocycles. The first-order chi connectivity index (χ1) is 15.0. The highest BCUT2D eigenvalue weighted by atomic mass is 16.5. The molecule has 2 N–H and O–H groups in total. The van der Waals surface area contributed by atoms with Gasteiger partial charge in [0, 0.05) is 30.8 Å². The summed E-state index contributed by atoms with van der Waals surface area (Å²) in [5.41, 5.74) is 10.0. The maximum Gasteiger partial charge on any atom is 0.305 e. The largest absolute Gasteiger partial charge is 0.497 e. The third kappa shape index (κ3) is 4.17. The zero-order valence-electron chi connectivity index (χ0n) is 18.4. The zero-order valence-corrected chi connectivity index (χ0v) is 18.4. The van der Waals surface area contributed by atoms with Crippen LogP contribution in [0.3, 0.4) is 0 Å². The highest BCUT2D eigenvalue weighted by Crippen LogP contribution is 2.43. The van der Waals surface area contributed by atoms with E-state index >= 15 is 0 Å². The van der Waals surface area contributed by atoms with Gasteiger partial charge in [-0.2, -0.15) is 4.98 Å². The predicted octanol–water partition coefficient (Wildman–Crippen LogP) is 2.55. The Kier molecular flexibility index (Phi) is 6.00. The predicted molar refractivity (Wildman–Crippen MR) is 117 cm³/mol. The number of nitrogens with two attached hydrogens (primary N) is 1. The molecule has 31 heavy (non-hydrogen) atoms. The maximum absolute atomic E-state index is 11.7. The molecule has 0 amide bonds. The molecular formula is C23H30N4O4. The number of ether oxygens (including phenoxy) is 3. The lowest BCUT2D eigenvalue weighted by Crippen LogP contribution is -2.47. The van der Waals surface area contributed by atoms with E-state index in [4.69, 9.17) is 19.9 Å². The number of hydrogen-bond acceptors (Lipinski definition) is 8. The number of anilines is 2. The van der Waals surface area contributed by atoms with E-state index in [-0.39, 0.29) is 23.9 Å². The van der Waals surface area contributed by atoms with E-state index in [1.807, 2.05) is 13.0 Å². The van der Waals surface area contributed by atoms with Crippen molar-refractivity contribution in [3.63, 3.8) is 0 Å². The fourth-order valence-corrected chi connectivity index (χ4v) is 4.76. The van der Waals surface area contributed by atoms with Crippen molar-refractivity contribution in [2.75, 3.05) is 44.5 Å². The molecule has 0 atom stereocenters. The highest BCUT2D eigenvalue weighted by molar-refractivity contribution is 5.70. The molecule has 1 aromatic carbocycles. The van der Waals surface area contributed by atoms with Gasteiger partial charge < -0.3 is 24.8 Å². The van der Waals surface area contributed by atoms with E-state index < -0.39 is 0 Å². The molecule has 1 saturated heterocycles. The van der Waals surface area contributed by atoms with Gasteiger partial charge in [-0.1, -0.05) is 6.07 Å². The van der Waals surface area contributed by atoms with Gasteiger partial charge in [-0.05, 0) is 55.9 Å². The lowest BCUT2D eigenvalue weighted by molar-refractivity contribution is -0.140. The average molecular weight is 427 g/mol. The molecular weight excluding hydrogens is 396 g/mol. The number of piperidine rings is 1. The Morgan fingerprint density at radius 2 is 2.03 bits per heavy atom. The Labute approximate surface area is 182 Å². The Bertz CT molecular complexity index is 970. The number of aryl methyl sites for hydroxylation is 1. The van der Waals surface area contributed by atoms with Gasteiger partial charge in [-0.25, -0.2) is 4.98 Å². The third-order valence-electron chi connectivity index (χ3n) is 6.44. The maximum atomic E-state index is 11.7. The van der Waals surface area contributed by atoms with Crippen LogP contribution in [0.2, 0.25) is 0 Å². The quantitative estimate of drug-likeness (QED) is 0.728. The van der Waals surface area contributed by atoms with Crippen LogP contribution in [0.5, 0.6) is 5.75 Å². The van der Waals surface area contributed by atoms with Gasteiger partial charge in [-0.15, -0.1) is 0 Å². The molecule has 166 valence electrons. The molecule has 3 heterocycles. The lowest BCUT2D eigenvalue weighted by Gasteiger charge is -2.45. The minimum atomic E-state index is -0.282. The number of carbonyl (C=O) groups is 1. The number of nitrogens with zero attached hydrogens (tertiary/aromatic N) is 3. The second-order valence-corrected chi connectivity index (χ2v) is 8.15. The third-order valence-corrected chi connectivity index (χ3v) is 6.44. The van der Waals surface area contributed by atoms with Crippen LogP contribution in [0.1, 0.15) is 41.6 Å². The van der Waals surface area contributed by atoms with Crippen molar-refractivity contribution < 1.29 is 19.0 Å². The van der Waals surface area contributed by atoms with Crippen LogP contribution in [-0.4, -0.2) is 49.9 Å². The monoisotopic (exact) mass is 426 g/mol. The van der Waals surface area contributed by atoms with Gasteiger partial charge in [0.25, 0.3) is 0 Å². The smallest absolute Gasteiger partial charge is 0.305 e. The molecule has 4 rings (SSSR count). The molecule has 0 unspecified atom stereocenters. The van der Waals surface area contributed by atoms with Crippen LogP contribution in [0.4, 0.5) is 11.8 Å². The fourth-order valence-electron chi connectivity index (χ4n) is 4.76. The number of fused-ring (bicyclic) bond motifs is 2. The first kappa shape index (κ1) is 21.4. The molecule has 0 aliphatic carbocycles. The minimum Gasteiger partial charge on any atom is -0.497 e. The minimum absolute atomic E-state index is 0.248. The molecule has 1 spiro atoms. The molecule has 0 bridgehead atoms. The number of hydrogen-bond donors (Lipinski definition) is 1. The summed E-state index contributed by atoms with van der Waals surface area (Å²) in [7, 11) is 3.10. The lowest BCUT2D eigenvalue weighted by atomic mass is 9.79.